The number of para-hydroxylation sites is 4. The van der Waals surface area contributed by atoms with E-state index in [9.17, 15) is 0 Å². The Morgan fingerprint density at radius 3 is 1.95 bits per heavy atom. The fourth-order valence-electron chi connectivity index (χ4n) is 8.75. The molecule has 0 atom stereocenters. The van der Waals surface area contributed by atoms with Crippen molar-refractivity contribution in [2.45, 2.75) is 72.1 Å². The van der Waals surface area contributed by atoms with Gasteiger partial charge in [-0.05, 0) is 85.0 Å². The summed E-state index contributed by atoms with van der Waals surface area (Å²) in [5.74, 6) is 2.40. The molecule has 0 saturated carbocycles. The van der Waals surface area contributed by atoms with Gasteiger partial charge in [-0.2, -0.15) is 18.2 Å². The van der Waals surface area contributed by atoms with E-state index in [2.05, 4.69) is 227 Å². The predicted octanol–water partition coefficient (Wildman–Crippen LogP) is 14.6. The minimum absolute atomic E-state index is 0. The van der Waals surface area contributed by atoms with E-state index in [1.54, 1.807) is 0 Å². The zero-order chi connectivity index (χ0) is 44.3. The Hall–Kier alpha value is -6.55. The van der Waals surface area contributed by atoms with Crippen LogP contribution in [0, 0.1) is 18.5 Å². The number of aromatic nitrogens is 4. The Labute approximate surface area is 397 Å². The number of hydrogen-bond donors (Lipinski definition) is 0. The molecule has 6 heteroatoms. The van der Waals surface area contributed by atoms with Crippen LogP contribution < -0.4 is 9.30 Å². The van der Waals surface area contributed by atoms with Crippen molar-refractivity contribution in [3.05, 3.63) is 199 Å². The first-order chi connectivity index (χ1) is 30.8. The molecule has 65 heavy (non-hydrogen) atoms. The van der Waals surface area contributed by atoms with E-state index in [0.717, 1.165) is 66.7 Å². The van der Waals surface area contributed by atoms with Gasteiger partial charge in [0.25, 0.3) is 6.33 Å². The number of imidazole rings is 1. The van der Waals surface area contributed by atoms with E-state index >= 15 is 0 Å². The number of rotatable bonds is 8. The molecule has 0 fully saturated rings. The van der Waals surface area contributed by atoms with Crippen LogP contribution in [0.5, 0.6) is 11.5 Å². The minimum Gasteiger partial charge on any atom is -0.510 e. The van der Waals surface area contributed by atoms with E-state index in [-0.39, 0.29) is 31.9 Å². The van der Waals surface area contributed by atoms with Gasteiger partial charge in [0.2, 0.25) is 0 Å². The second-order valence-corrected chi connectivity index (χ2v) is 19.2. The van der Waals surface area contributed by atoms with Gasteiger partial charge in [0.05, 0.1) is 16.7 Å². The number of pyridine rings is 1. The Morgan fingerprint density at radius 2 is 1.23 bits per heavy atom. The maximum Gasteiger partial charge on any atom is 0.268 e. The third kappa shape index (κ3) is 8.24. The Morgan fingerprint density at radius 1 is 0.585 bits per heavy atom. The van der Waals surface area contributed by atoms with Crippen molar-refractivity contribution >= 4 is 32.8 Å². The molecule has 10 aromatic rings. The first-order valence-corrected chi connectivity index (χ1v) is 22.2. The Bertz CT molecular complexity index is 3330. The summed E-state index contributed by atoms with van der Waals surface area (Å²) in [6.45, 7) is 18.2. The van der Waals surface area contributed by atoms with Gasteiger partial charge in [0.1, 0.15) is 5.82 Å². The minimum atomic E-state index is -0.0377. The third-order valence-corrected chi connectivity index (χ3v) is 12.3. The van der Waals surface area contributed by atoms with Gasteiger partial charge >= 0.3 is 0 Å². The summed E-state index contributed by atoms with van der Waals surface area (Å²) in [7, 11) is 0. The normalized spacial score (nSPS) is 12.0. The quantitative estimate of drug-likeness (QED) is 0.112. The van der Waals surface area contributed by atoms with E-state index in [0.29, 0.717) is 17.4 Å². The molecule has 10 rings (SSSR count). The second-order valence-electron chi connectivity index (χ2n) is 19.2. The largest absolute Gasteiger partial charge is 0.510 e. The number of fused-ring (bicyclic) bond motifs is 4. The van der Waals surface area contributed by atoms with Gasteiger partial charge in [-0.25, -0.2) is 4.98 Å². The van der Waals surface area contributed by atoms with E-state index < -0.39 is 0 Å². The topological polar surface area (TPSA) is 35.9 Å². The molecule has 0 unspecified atom stereocenters. The summed E-state index contributed by atoms with van der Waals surface area (Å²) in [5.41, 5.74) is 14.2. The molecule has 0 spiro atoms. The van der Waals surface area contributed by atoms with Gasteiger partial charge in [0, 0.05) is 44.3 Å². The van der Waals surface area contributed by atoms with Crippen molar-refractivity contribution in [3.63, 3.8) is 0 Å². The SMILES string of the molecule is CC(C)c1ccnc(-n2c3[c-]c(Oc4[c-]c(-n5[c-][n+](-c6c(-c7ccccc7)cccc6-c6cc(C(C)(C)C)cc(C(C)(C)C)c6)c6ccccc65)ccc4)ccc3c3ccccc32)c1.[Pt]. The monoisotopic (exact) mass is 1030 g/mol. The molecule has 0 radical (unpaired) electrons. The van der Waals surface area contributed by atoms with E-state index in [1.807, 2.05) is 24.4 Å². The van der Waals surface area contributed by atoms with Crippen LogP contribution in [0.4, 0.5) is 0 Å². The van der Waals surface area contributed by atoms with Crippen LogP contribution in [0.25, 0.3) is 72.3 Å². The predicted molar refractivity (Wildman–Crippen MR) is 262 cm³/mol. The van der Waals surface area contributed by atoms with Crippen LogP contribution in [-0.2, 0) is 31.9 Å². The van der Waals surface area contributed by atoms with Crippen molar-refractivity contribution in [2.75, 3.05) is 0 Å². The molecule has 3 aromatic heterocycles. The average molecular weight is 1030 g/mol. The molecular weight excluding hydrogens is 976 g/mol. The van der Waals surface area contributed by atoms with Crippen LogP contribution in [-0.4, -0.2) is 14.1 Å². The molecule has 7 aromatic carbocycles. The molecule has 0 bridgehead atoms. The molecule has 3 heterocycles. The van der Waals surface area contributed by atoms with Crippen LogP contribution in [0.1, 0.15) is 78.0 Å². The molecule has 0 amide bonds. The first kappa shape index (κ1) is 43.7. The fraction of sp³-hybridized carbons (Fsp3) is 0.186. The van der Waals surface area contributed by atoms with Crippen molar-refractivity contribution in [1.82, 2.24) is 14.1 Å². The van der Waals surface area contributed by atoms with Crippen LogP contribution >= 0.6 is 0 Å². The average Bonchev–Trinajstić information content (AvgIpc) is 3.84. The standard InChI is InChI=1S/C59H52N4O.Pt/c1-39(2)41-30-31-60-56(34-41)63-52-25-13-12-22-50(52)51-29-28-47(37-55(51)63)64-46-21-16-20-45(36-46)61-38-62(54-27-15-14-26-53(54)61)57-48(40-18-10-9-11-19-40)23-17-24-49(57)42-32-43(58(3,4)5)35-44(33-42)59(6,7)8;/h9-35,39H,1-8H3;/q-2;. The van der Waals surface area contributed by atoms with E-state index in [4.69, 9.17) is 9.72 Å². The van der Waals surface area contributed by atoms with Crippen molar-refractivity contribution in [1.29, 1.82) is 0 Å². The van der Waals surface area contributed by atoms with Gasteiger partial charge < -0.3 is 13.9 Å². The maximum atomic E-state index is 6.65. The molecule has 0 aliphatic rings. The molecule has 5 nitrogen and oxygen atoms in total. The van der Waals surface area contributed by atoms with E-state index in [1.165, 1.54) is 22.3 Å². The molecule has 0 saturated heterocycles. The van der Waals surface area contributed by atoms with Crippen LogP contribution in [0.3, 0.4) is 0 Å². The molecule has 0 N–H and O–H groups in total. The fourth-order valence-corrected chi connectivity index (χ4v) is 8.75. The zero-order valence-corrected chi connectivity index (χ0v) is 40.5. The number of benzene rings is 7. The summed E-state index contributed by atoms with van der Waals surface area (Å²) < 4.78 is 13.2. The summed E-state index contributed by atoms with van der Waals surface area (Å²) in [5, 5.41) is 2.23. The molecular formula is C59H52N4OPt-2. The summed E-state index contributed by atoms with van der Waals surface area (Å²) in [6, 6.07) is 63.1. The Kier molecular flexibility index (Phi) is 11.5. The van der Waals surface area contributed by atoms with Gasteiger partial charge in [0.15, 0.2) is 0 Å². The van der Waals surface area contributed by atoms with Crippen LogP contribution in [0.15, 0.2) is 164 Å². The molecule has 326 valence electrons. The zero-order valence-electron chi connectivity index (χ0n) is 38.2. The summed E-state index contributed by atoms with van der Waals surface area (Å²) in [4.78, 5) is 4.83. The third-order valence-electron chi connectivity index (χ3n) is 12.3. The number of ether oxygens (including phenoxy) is 1. The van der Waals surface area contributed by atoms with Gasteiger partial charge in [-0.1, -0.05) is 170 Å². The van der Waals surface area contributed by atoms with Crippen LogP contribution in [0.2, 0.25) is 0 Å². The smallest absolute Gasteiger partial charge is 0.268 e. The number of hydrogen-bond acceptors (Lipinski definition) is 2. The van der Waals surface area contributed by atoms with Gasteiger partial charge in [-0.15, -0.1) is 29.7 Å². The first-order valence-electron chi connectivity index (χ1n) is 22.2. The Balaban J connectivity index is 0.00000533. The van der Waals surface area contributed by atoms with Crippen molar-refractivity contribution < 1.29 is 30.4 Å². The van der Waals surface area contributed by atoms with Crippen molar-refractivity contribution in [3.8, 4) is 50.9 Å². The van der Waals surface area contributed by atoms with Crippen molar-refractivity contribution in [2.24, 2.45) is 0 Å². The maximum absolute atomic E-state index is 6.65. The second kappa shape index (κ2) is 17.1. The molecule has 0 aliphatic carbocycles. The summed E-state index contributed by atoms with van der Waals surface area (Å²) in [6.07, 6.45) is 5.72. The summed E-state index contributed by atoms with van der Waals surface area (Å²) >= 11 is 0. The number of nitrogens with zero attached hydrogens (tertiary/aromatic N) is 4. The molecule has 0 aliphatic heterocycles. The van der Waals surface area contributed by atoms with Gasteiger partial charge in [-0.3, -0.25) is 4.57 Å².